The largest absolute Gasteiger partial charge is 0.480 e. The fourth-order valence-corrected chi connectivity index (χ4v) is 2.29. The number of hydrogen-bond donors (Lipinski definition) is 3. The highest BCUT2D eigenvalue weighted by Gasteiger charge is 2.25. The van der Waals surface area contributed by atoms with Gasteiger partial charge < -0.3 is 10.4 Å². The van der Waals surface area contributed by atoms with Gasteiger partial charge in [0.2, 0.25) is 5.91 Å². The smallest absolute Gasteiger partial charge is 0.320 e. The maximum absolute atomic E-state index is 13.1. The highest BCUT2D eigenvalue weighted by molar-refractivity contribution is 5.83. The van der Waals surface area contributed by atoms with Crippen molar-refractivity contribution in [2.45, 2.75) is 52.2 Å². The zero-order chi connectivity index (χ0) is 17.4. The molecule has 0 aliphatic rings. The molecule has 128 valence electrons. The van der Waals surface area contributed by atoms with Crippen molar-refractivity contribution in [3.63, 3.8) is 0 Å². The van der Waals surface area contributed by atoms with Crippen LogP contribution < -0.4 is 10.6 Å². The Kier molecular flexibility index (Phi) is 7.68. The molecule has 1 amide bonds. The average molecular weight is 324 g/mol. The predicted octanol–water partition coefficient (Wildman–Crippen LogP) is 2.31. The standard InChI is InChI=1S/C17H25FN2O3/c1-4-14(17(22)23)20-15(8-11(2)3)16(21)19-10-12-6-5-7-13(18)9-12/h5-7,9,11,14-15,20H,4,8,10H2,1-3H3,(H,19,21)(H,22,23). The number of benzene rings is 1. The molecule has 5 nitrogen and oxygen atoms in total. The summed E-state index contributed by atoms with van der Waals surface area (Å²) in [5.74, 6) is -1.37. The molecule has 0 spiro atoms. The zero-order valence-corrected chi connectivity index (χ0v) is 13.8. The van der Waals surface area contributed by atoms with Gasteiger partial charge >= 0.3 is 5.97 Å². The van der Waals surface area contributed by atoms with Gasteiger partial charge in [0, 0.05) is 6.54 Å². The lowest BCUT2D eigenvalue weighted by Crippen LogP contribution is -2.51. The van der Waals surface area contributed by atoms with Crippen molar-refractivity contribution in [1.29, 1.82) is 0 Å². The number of carbonyl (C=O) groups excluding carboxylic acids is 1. The number of carboxylic acid groups (broad SMARTS) is 1. The van der Waals surface area contributed by atoms with Crippen LogP contribution in [-0.2, 0) is 16.1 Å². The molecule has 1 aromatic rings. The molecular formula is C17H25FN2O3. The third-order valence-electron chi connectivity index (χ3n) is 3.49. The quantitative estimate of drug-likeness (QED) is 0.651. The number of hydrogen-bond acceptors (Lipinski definition) is 3. The van der Waals surface area contributed by atoms with Gasteiger partial charge in [0.05, 0.1) is 6.04 Å². The molecule has 0 bridgehead atoms. The predicted molar refractivity (Wildman–Crippen MR) is 86.3 cm³/mol. The van der Waals surface area contributed by atoms with Crippen LogP contribution in [0, 0.1) is 11.7 Å². The van der Waals surface area contributed by atoms with Crippen LogP contribution in [0.1, 0.15) is 39.2 Å². The number of carboxylic acids is 1. The lowest BCUT2D eigenvalue weighted by atomic mass is 10.0. The lowest BCUT2D eigenvalue weighted by Gasteiger charge is -2.23. The van der Waals surface area contributed by atoms with E-state index in [2.05, 4.69) is 10.6 Å². The maximum atomic E-state index is 13.1. The zero-order valence-electron chi connectivity index (χ0n) is 13.8. The highest BCUT2D eigenvalue weighted by atomic mass is 19.1. The number of nitrogens with one attached hydrogen (secondary N) is 2. The van der Waals surface area contributed by atoms with Gasteiger partial charge in [-0.05, 0) is 36.5 Å². The molecule has 0 aliphatic heterocycles. The second-order valence-electron chi connectivity index (χ2n) is 6.00. The molecule has 6 heteroatoms. The van der Waals surface area contributed by atoms with Crippen LogP contribution in [0.2, 0.25) is 0 Å². The van der Waals surface area contributed by atoms with E-state index in [4.69, 9.17) is 5.11 Å². The minimum atomic E-state index is -0.973. The molecule has 0 heterocycles. The number of halogens is 1. The molecule has 0 aromatic heterocycles. The first-order valence-corrected chi connectivity index (χ1v) is 7.84. The Labute approximate surface area is 136 Å². The number of rotatable bonds is 9. The van der Waals surface area contributed by atoms with E-state index in [9.17, 15) is 14.0 Å². The van der Waals surface area contributed by atoms with Gasteiger partial charge in [-0.3, -0.25) is 14.9 Å². The summed E-state index contributed by atoms with van der Waals surface area (Å²) in [4.78, 5) is 23.5. The molecule has 0 aliphatic carbocycles. The average Bonchev–Trinajstić information content (AvgIpc) is 2.48. The summed E-state index contributed by atoms with van der Waals surface area (Å²) in [5.41, 5.74) is 0.659. The Bertz CT molecular complexity index is 534. The van der Waals surface area contributed by atoms with E-state index in [-0.39, 0.29) is 24.2 Å². The van der Waals surface area contributed by atoms with Crippen molar-refractivity contribution in [2.24, 2.45) is 5.92 Å². The summed E-state index contributed by atoms with van der Waals surface area (Å²) >= 11 is 0. The monoisotopic (exact) mass is 324 g/mol. The Morgan fingerprint density at radius 2 is 1.96 bits per heavy atom. The normalized spacial score (nSPS) is 13.6. The van der Waals surface area contributed by atoms with E-state index >= 15 is 0 Å². The van der Waals surface area contributed by atoms with Gasteiger partial charge in [-0.1, -0.05) is 32.9 Å². The molecule has 0 fully saturated rings. The van der Waals surface area contributed by atoms with Gasteiger partial charge in [-0.2, -0.15) is 0 Å². The van der Waals surface area contributed by atoms with E-state index in [1.165, 1.54) is 12.1 Å². The fraction of sp³-hybridized carbons (Fsp3) is 0.529. The fourth-order valence-electron chi connectivity index (χ4n) is 2.29. The third kappa shape index (κ3) is 6.78. The van der Waals surface area contributed by atoms with Crippen LogP contribution in [0.25, 0.3) is 0 Å². The Morgan fingerprint density at radius 1 is 1.26 bits per heavy atom. The number of aliphatic carboxylic acids is 1. The lowest BCUT2D eigenvalue weighted by molar-refractivity contribution is -0.140. The van der Waals surface area contributed by atoms with E-state index in [0.29, 0.717) is 18.4 Å². The van der Waals surface area contributed by atoms with E-state index in [0.717, 1.165) is 0 Å². The summed E-state index contributed by atoms with van der Waals surface area (Å²) in [6, 6.07) is 4.64. The number of carbonyl (C=O) groups is 2. The van der Waals surface area contributed by atoms with Crippen molar-refractivity contribution in [2.75, 3.05) is 0 Å². The van der Waals surface area contributed by atoms with Crippen molar-refractivity contribution in [3.05, 3.63) is 35.6 Å². The molecular weight excluding hydrogens is 299 g/mol. The minimum Gasteiger partial charge on any atom is -0.480 e. The van der Waals surface area contributed by atoms with Gasteiger partial charge in [-0.15, -0.1) is 0 Å². The highest BCUT2D eigenvalue weighted by Crippen LogP contribution is 2.08. The second kappa shape index (κ2) is 9.25. The Balaban J connectivity index is 2.69. The molecule has 3 N–H and O–H groups in total. The first-order valence-electron chi connectivity index (χ1n) is 7.84. The van der Waals surface area contributed by atoms with Crippen molar-refractivity contribution in [3.8, 4) is 0 Å². The van der Waals surface area contributed by atoms with Crippen molar-refractivity contribution in [1.82, 2.24) is 10.6 Å². The Morgan fingerprint density at radius 3 is 2.48 bits per heavy atom. The molecule has 1 rings (SSSR count). The molecule has 0 radical (unpaired) electrons. The summed E-state index contributed by atoms with van der Waals surface area (Å²) < 4.78 is 13.1. The molecule has 2 unspecified atom stereocenters. The van der Waals surface area contributed by atoms with Crippen LogP contribution in [0.5, 0.6) is 0 Å². The van der Waals surface area contributed by atoms with Crippen LogP contribution in [-0.4, -0.2) is 29.1 Å². The molecule has 0 saturated carbocycles. The van der Waals surface area contributed by atoms with Crippen molar-refractivity contribution >= 4 is 11.9 Å². The molecule has 2 atom stereocenters. The summed E-state index contributed by atoms with van der Waals surface area (Å²) in [6.45, 7) is 5.89. The van der Waals surface area contributed by atoms with Gasteiger partial charge in [0.1, 0.15) is 11.9 Å². The van der Waals surface area contributed by atoms with Crippen molar-refractivity contribution < 1.29 is 19.1 Å². The Hall–Kier alpha value is -1.95. The first-order chi connectivity index (χ1) is 10.8. The third-order valence-corrected chi connectivity index (χ3v) is 3.49. The molecule has 23 heavy (non-hydrogen) atoms. The second-order valence-corrected chi connectivity index (χ2v) is 6.00. The van der Waals surface area contributed by atoms with Crippen LogP contribution in [0.15, 0.2) is 24.3 Å². The summed E-state index contributed by atoms with van der Waals surface area (Å²) in [7, 11) is 0. The topological polar surface area (TPSA) is 78.4 Å². The van der Waals surface area contributed by atoms with Gasteiger partial charge in [0.15, 0.2) is 0 Å². The molecule has 1 aromatic carbocycles. The van der Waals surface area contributed by atoms with Crippen LogP contribution in [0.4, 0.5) is 4.39 Å². The molecule has 0 saturated heterocycles. The van der Waals surface area contributed by atoms with E-state index < -0.39 is 18.1 Å². The van der Waals surface area contributed by atoms with Gasteiger partial charge in [0.25, 0.3) is 0 Å². The minimum absolute atomic E-state index is 0.205. The van der Waals surface area contributed by atoms with Gasteiger partial charge in [-0.25, -0.2) is 4.39 Å². The maximum Gasteiger partial charge on any atom is 0.320 e. The SMILES string of the molecule is CCC(NC(CC(C)C)C(=O)NCc1cccc(F)c1)C(=O)O. The number of amides is 1. The summed E-state index contributed by atoms with van der Waals surface area (Å²) in [5, 5.41) is 14.8. The van der Waals surface area contributed by atoms with Crippen LogP contribution in [0.3, 0.4) is 0 Å². The van der Waals surface area contributed by atoms with E-state index in [1.54, 1.807) is 19.1 Å². The van der Waals surface area contributed by atoms with E-state index in [1.807, 2.05) is 13.8 Å². The first kappa shape index (κ1) is 19.1. The summed E-state index contributed by atoms with van der Waals surface area (Å²) in [6.07, 6.45) is 0.917. The van der Waals surface area contributed by atoms with Crippen LogP contribution >= 0.6 is 0 Å².